The molecule has 1 aliphatic heterocycles. The first-order valence-electron chi connectivity index (χ1n) is 4.46. The lowest BCUT2D eigenvalue weighted by atomic mass is 10.3. The van der Waals surface area contributed by atoms with Crippen LogP contribution in [0.25, 0.3) is 0 Å². The number of hydrogen-bond acceptors (Lipinski definition) is 3. The average molecular weight is 182 g/mol. The Morgan fingerprint density at radius 3 is 3.25 bits per heavy atom. The van der Waals surface area contributed by atoms with Crippen LogP contribution >= 0.6 is 11.3 Å². The first kappa shape index (κ1) is 8.23. The molecule has 2 rings (SSSR count). The van der Waals surface area contributed by atoms with Gasteiger partial charge in [-0.2, -0.15) is 0 Å². The van der Waals surface area contributed by atoms with E-state index in [9.17, 15) is 0 Å². The van der Waals surface area contributed by atoms with Gasteiger partial charge in [0.1, 0.15) is 0 Å². The summed E-state index contributed by atoms with van der Waals surface area (Å²) in [5, 5.41) is 4.46. The quantitative estimate of drug-likeness (QED) is 0.762. The van der Waals surface area contributed by atoms with E-state index < -0.39 is 0 Å². The summed E-state index contributed by atoms with van der Waals surface area (Å²) in [6, 6.07) is 4.33. The second-order valence-corrected chi connectivity index (χ2v) is 4.11. The lowest BCUT2D eigenvalue weighted by Gasteiger charge is -2.13. The van der Waals surface area contributed by atoms with Crippen LogP contribution in [0.2, 0.25) is 0 Å². The monoisotopic (exact) mass is 182 g/mol. The molecule has 0 amide bonds. The molecule has 3 heteroatoms. The molecule has 66 valence electrons. The molecule has 1 N–H and O–H groups in total. The van der Waals surface area contributed by atoms with Crippen LogP contribution in [-0.2, 0) is 6.42 Å². The number of rotatable bonds is 3. The van der Waals surface area contributed by atoms with Crippen molar-refractivity contribution in [3.63, 3.8) is 0 Å². The fraction of sp³-hybridized carbons (Fsp3) is 0.556. The van der Waals surface area contributed by atoms with Crippen molar-refractivity contribution < 1.29 is 0 Å². The molecule has 0 saturated carbocycles. The summed E-state index contributed by atoms with van der Waals surface area (Å²) in [6.07, 6.45) is 2.48. The van der Waals surface area contributed by atoms with Gasteiger partial charge in [-0.1, -0.05) is 6.07 Å². The molecule has 12 heavy (non-hydrogen) atoms. The normalized spacial score (nSPS) is 18.7. The van der Waals surface area contributed by atoms with Crippen LogP contribution in [0.3, 0.4) is 0 Å². The Labute approximate surface area is 77.2 Å². The van der Waals surface area contributed by atoms with Gasteiger partial charge in [0.15, 0.2) is 0 Å². The van der Waals surface area contributed by atoms with Gasteiger partial charge >= 0.3 is 0 Å². The maximum Gasteiger partial charge on any atom is 0.0179 e. The SMILES string of the molecule is c1csc(CCN2CCCN2)c1. The minimum absolute atomic E-state index is 1.15. The highest BCUT2D eigenvalue weighted by atomic mass is 32.1. The highest BCUT2D eigenvalue weighted by Gasteiger charge is 2.09. The molecular formula is C9H14N2S. The summed E-state index contributed by atoms with van der Waals surface area (Å²) in [5.74, 6) is 0. The smallest absolute Gasteiger partial charge is 0.0179 e. The van der Waals surface area contributed by atoms with Crippen LogP contribution in [0.15, 0.2) is 17.5 Å². The molecule has 0 spiro atoms. The molecular weight excluding hydrogens is 168 g/mol. The maximum atomic E-state index is 3.36. The van der Waals surface area contributed by atoms with E-state index in [1.807, 2.05) is 11.3 Å². The Kier molecular flexibility index (Phi) is 2.76. The van der Waals surface area contributed by atoms with Crippen LogP contribution in [-0.4, -0.2) is 24.6 Å². The van der Waals surface area contributed by atoms with E-state index in [1.165, 1.54) is 24.3 Å². The Bertz CT molecular complexity index is 214. The second-order valence-electron chi connectivity index (χ2n) is 3.08. The summed E-state index contributed by atoms with van der Waals surface area (Å²) < 4.78 is 0. The van der Waals surface area contributed by atoms with E-state index in [-0.39, 0.29) is 0 Å². The van der Waals surface area contributed by atoms with Crippen molar-refractivity contribution >= 4 is 11.3 Å². The van der Waals surface area contributed by atoms with E-state index in [4.69, 9.17) is 0 Å². The number of hydrogen-bond donors (Lipinski definition) is 1. The molecule has 1 aromatic heterocycles. The van der Waals surface area contributed by atoms with Crippen LogP contribution < -0.4 is 5.43 Å². The van der Waals surface area contributed by atoms with Gasteiger partial charge in [0, 0.05) is 24.5 Å². The minimum Gasteiger partial charge on any atom is -0.255 e. The van der Waals surface area contributed by atoms with Crippen LogP contribution in [0.1, 0.15) is 11.3 Å². The van der Waals surface area contributed by atoms with E-state index in [2.05, 4.69) is 27.9 Å². The third kappa shape index (κ3) is 2.06. The summed E-state index contributed by atoms with van der Waals surface area (Å²) in [6.45, 7) is 3.52. The van der Waals surface area contributed by atoms with E-state index in [1.54, 1.807) is 0 Å². The van der Waals surface area contributed by atoms with Crippen molar-refractivity contribution in [2.24, 2.45) is 0 Å². The molecule has 1 aliphatic rings. The van der Waals surface area contributed by atoms with Crippen molar-refractivity contribution in [2.45, 2.75) is 12.8 Å². The first-order chi connectivity index (χ1) is 5.95. The molecule has 2 nitrogen and oxygen atoms in total. The minimum atomic E-state index is 1.15. The zero-order chi connectivity index (χ0) is 8.23. The van der Waals surface area contributed by atoms with Crippen molar-refractivity contribution in [3.05, 3.63) is 22.4 Å². The number of nitrogens with zero attached hydrogens (tertiary/aromatic N) is 1. The second kappa shape index (κ2) is 4.03. The summed E-state index contributed by atoms with van der Waals surface area (Å²) in [7, 11) is 0. The zero-order valence-electron chi connectivity index (χ0n) is 7.12. The third-order valence-corrected chi connectivity index (χ3v) is 3.08. The van der Waals surface area contributed by atoms with Gasteiger partial charge in [0.2, 0.25) is 0 Å². The van der Waals surface area contributed by atoms with Crippen LogP contribution in [0, 0.1) is 0 Å². The van der Waals surface area contributed by atoms with Gasteiger partial charge in [0.25, 0.3) is 0 Å². The molecule has 0 aromatic carbocycles. The zero-order valence-corrected chi connectivity index (χ0v) is 7.94. The topological polar surface area (TPSA) is 15.3 Å². The number of nitrogens with one attached hydrogen (secondary N) is 1. The largest absolute Gasteiger partial charge is 0.255 e. The lowest BCUT2D eigenvalue weighted by molar-refractivity contribution is 0.257. The predicted molar refractivity (Wildman–Crippen MR) is 52.2 cm³/mol. The highest BCUT2D eigenvalue weighted by molar-refractivity contribution is 7.09. The standard InChI is InChI=1S/C9H14N2S/c1-3-9(12-8-1)4-7-11-6-2-5-10-11/h1,3,8,10H,2,4-7H2. The average Bonchev–Trinajstić information content (AvgIpc) is 2.74. The Morgan fingerprint density at radius 2 is 2.58 bits per heavy atom. The molecule has 2 heterocycles. The molecule has 0 aliphatic carbocycles. The van der Waals surface area contributed by atoms with E-state index >= 15 is 0 Å². The number of thiophene rings is 1. The van der Waals surface area contributed by atoms with E-state index in [0.717, 1.165) is 13.1 Å². The van der Waals surface area contributed by atoms with E-state index in [0.29, 0.717) is 0 Å². The summed E-state index contributed by atoms with van der Waals surface area (Å²) in [5.41, 5.74) is 3.36. The third-order valence-electron chi connectivity index (χ3n) is 2.15. The van der Waals surface area contributed by atoms with Crippen molar-refractivity contribution in [1.82, 2.24) is 10.4 Å². The summed E-state index contributed by atoms with van der Waals surface area (Å²) in [4.78, 5) is 1.49. The van der Waals surface area contributed by atoms with Crippen molar-refractivity contribution in [3.8, 4) is 0 Å². The van der Waals surface area contributed by atoms with Crippen LogP contribution in [0.5, 0.6) is 0 Å². The van der Waals surface area contributed by atoms with Gasteiger partial charge in [-0.05, 0) is 24.3 Å². The molecule has 0 radical (unpaired) electrons. The van der Waals surface area contributed by atoms with Gasteiger partial charge in [0.05, 0.1) is 0 Å². The highest BCUT2D eigenvalue weighted by Crippen LogP contribution is 2.09. The molecule has 1 fully saturated rings. The number of hydrazine groups is 1. The lowest BCUT2D eigenvalue weighted by Crippen LogP contribution is -2.32. The summed E-state index contributed by atoms with van der Waals surface area (Å²) >= 11 is 1.85. The van der Waals surface area contributed by atoms with Crippen LogP contribution in [0.4, 0.5) is 0 Å². The van der Waals surface area contributed by atoms with Gasteiger partial charge < -0.3 is 0 Å². The fourth-order valence-corrected chi connectivity index (χ4v) is 2.18. The van der Waals surface area contributed by atoms with Crippen molar-refractivity contribution in [1.29, 1.82) is 0 Å². The molecule has 0 unspecified atom stereocenters. The maximum absolute atomic E-state index is 3.36. The molecule has 1 aromatic rings. The first-order valence-corrected chi connectivity index (χ1v) is 5.34. The molecule has 0 atom stereocenters. The Morgan fingerprint density at radius 1 is 1.58 bits per heavy atom. The predicted octanol–water partition coefficient (Wildman–Crippen LogP) is 1.50. The fourth-order valence-electron chi connectivity index (χ4n) is 1.48. The molecule has 1 saturated heterocycles. The Hall–Kier alpha value is -0.380. The van der Waals surface area contributed by atoms with Gasteiger partial charge in [-0.15, -0.1) is 11.3 Å². The van der Waals surface area contributed by atoms with Gasteiger partial charge in [-0.3, -0.25) is 5.43 Å². The Balaban J connectivity index is 1.74. The molecule has 0 bridgehead atoms. The van der Waals surface area contributed by atoms with Crippen molar-refractivity contribution in [2.75, 3.05) is 19.6 Å². The van der Waals surface area contributed by atoms with Gasteiger partial charge in [-0.25, -0.2) is 5.01 Å².